The molecule has 108 valence electrons. The van der Waals surface area contributed by atoms with Gasteiger partial charge in [-0.25, -0.2) is 17.5 Å². The maximum atomic E-state index is 13.5. The summed E-state index contributed by atoms with van der Waals surface area (Å²) in [6.07, 6.45) is 4.22. The molecule has 0 heterocycles. The summed E-state index contributed by atoms with van der Waals surface area (Å²) in [4.78, 5) is -0.287. The van der Waals surface area contributed by atoms with Gasteiger partial charge in [0.15, 0.2) is 0 Å². The van der Waals surface area contributed by atoms with Crippen molar-refractivity contribution in [1.82, 2.24) is 4.72 Å². The fraction of sp³-hybridized carbons (Fsp3) is 0.500. The minimum Gasteiger partial charge on any atom is -0.208 e. The molecule has 0 bridgehead atoms. The second-order valence-corrected chi connectivity index (χ2v) is 6.86. The van der Waals surface area contributed by atoms with Gasteiger partial charge in [-0.05, 0) is 37.8 Å². The summed E-state index contributed by atoms with van der Waals surface area (Å²) in [6, 6.07) is 5.04. The molecule has 0 spiro atoms. The van der Waals surface area contributed by atoms with Crippen LogP contribution in [0.3, 0.4) is 0 Å². The molecular formula is C14H17FN2O2S. The van der Waals surface area contributed by atoms with Crippen LogP contribution < -0.4 is 4.72 Å². The maximum absolute atomic E-state index is 13.5. The summed E-state index contributed by atoms with van der Waals surface area (Å²) in [6.45, 7) is 1.82. The number of hydrogen-bond donors (Lipinski definition) is 1. The van der Waals surface area contributed by atoms with Crippen LogP contribution in [0.1, 0.15) is 38.2 Å². The number of nitrogens with zero attached hydrogens (tertiary/aromatic N) is 1. The van der Waals surface area contributed by atoms with Gasteiger partial charge in [0.05, 0.1) is 0 Å². The highest BCUT2D eigenvalue weighted by Gasteiger charge is 2.28. The van der Waals surface area contributed by atoms with Gasteiger partial charge < -0.3 is 0 Å². The second-order valence-electron chi connectivity index (χ2n) is 5.18. The molecule has 1 saturated carbocycles. The molecule has 1 aromatic carbocycles. The van der Waals surface area contributed by atoms with Gasteiger partial charge in [0.25, 0.3) is 0 Å². The fourth-order valence-electron chi connectivity index (χ4n) is 2.70. The van der Waals surface area contributed by atoms with Crippen molar-refractivity contribution in [3.05, 3.63) is 29.6 Å². The van der Waals surface area contributed by atoms with Gasteiger partial charge in [-0.15, -0.1) is 0 Å². The van der Waals surface area contributed by atoms with Crippen LogP contribution in [0.4, 0.5) is 4.39 Å². The molecule has 0 saturated heterocycles. The molecular weight excluding hydrogens is 279 g/mol. The van der Waals surface area contributed by atoms with Gasteiger partial charge in [-0.1, -0.05) is 18.9 Å². The van der Waals surface area contributed by atoms with Crippen molar-refractivity contribution >= 4 is 10.0 Å². The molecule has 1 unspecified atom stereocenters. The number of halogens is 1. The number of rotatable bonds is 4. The molecule has 1 aromatic rings. The first-order valence-corrected chi connectivity index (χ1v) is 8.15. The van der Waals surface area contributed by atoms with Crippen molar-refractivity contribution in [3.63, 3.8) is 0 Å². The van der Waals surface area contributed by atoms with Crippen LogP contribution in [0.2, 0.25) is 0 Å². The minimum atomic E-state index is -3.87. The maximum Gasteiger partial charge on any atom is 0.242 e. The Hall–Kier alpha value is -1.45. The SMILES string of the molecule is CC(NS(=O)(=O)c1cccc(F)c1C#N)C1CCCC1. The molecule has 6 heteroatoms. The zero-order chi connectivity index (χ0) is 14.8. The zero-order valence-electron chi connectivity index (χ0n) is 11.3. The molecule has 1 aliphatic rings. The smallest absolute Gasteiger partial charge is 0.208 e. The van der Waals surface area contributed by atoms with Crippen LogP contribution in [-0.4, -0.2) is 14.5 Å². The average Bonchev–Trinajstić information content (AvgIpc) is 2.91. The Morgan fingerprint density at radius 3 is 2.65 bits per heavy atom. The van der Waals surface area contributed by atoms with E-state index in [1.165, 1.54) is 12.1 Å². The lowest BCUT2D eigenvalue weighted by Crippen LogP contribution is -2.37. The lowest BCUT2D eigenvalue weighted by Gasteiger charge is -2.20. The third kappa shape index (κ3) is 3.00. The lowest BCUT2D eigenvalue weighted by atomic mass is 10.0. The van der Waals surface area contributed by atoms with E-state index in [1.807, 2.05) is 6.92 Å². The summed E-state index contributed by atoms with van der Waals surface area (Å²) in [5.41, 5.74) is -0.432. The zero-order valence-corrected chi connectivity index (χ0v) is 12.1. The van der Waals surface area contributed by atoms with Crippen molar-refractivity contribution in [3.8, 4) is 6.07 Å². The molecule has 1 aliphatic carbocycles. The van der Waals surface area contributed by atoms with E-state index in [0.717, 1.165) is 31.7 Å². The Kier molecular flexibility index (Phi) is 4.41. The number of hydrogen-bond acceptors (Lipinski definition) is 3. The van der Waals surface area contributed by atoms with E-state index in [-0.39, 0.29) is 10.9 Å². The number of benzene rings is 1. The van der Waals surface area contributed by atoms with E-state index in [9.17, 15) is 12.8 Å². The minimum absolute atomic E-state index is 0.211. The van der Waals surface area contributed by atoms with Crippen LogP contribution in [0.5, 0.6) is 0 Å². The van der Waals surface area contributed by atoms with Gasteiger partial charge in [0, 0.05) is 6.04 Å². The Labute approximate surface area is 118 Å². The predicted molar refractivity (Wildman–Crippen MR) is 72.9 cm³/mol. The Morgan fingerprint density at radius 1 is 1.40 bits per heavy atom. The van der Waals surface area contributed by atoms with Gasteiger partial charge in [0.1, 0.15) is 22.3 Å². The molecule has 0 radical (unpaired) electrons. The van der Waals surface area contributed by atoms with E-state index >= 15 is 0 Å². The summed E-state index contributed by atoms with van der Waals surface area (Å²) < 4.78 is 40.7. The molecule has 20 heavy (non-hydrogen) atoms. The van der Waals surface area contributed by atoms with Crippen LogP contribution in [0.15, 0.2) is 23.1 Å². The highest BCUT2D eigenvalue weighted by molar-refractivity contribution is 7.89. The summed E-state index contributed by atoms with van der Waals surface area (Å²) in [5.74, 6) is -0.507. The first kappa shape index (κ1) is 14.9. The van der Waals surface area contributed by atoms with E-state index in [0.29, 0.717) is 5.92 Å². The van der Waals surface area contributed by atoms with Crippen molar-refractivity contribution < 1.29 is 12.8 Å². The number of nitrogens with one attached hydrogen (secondary N) is 1. The highest BCUT2D eigenvalue weighted by atomic mass is 32.2. The van der Waals surface area contributed by atoms with Gasteiger partial charge in [-0.3, -0.25) is 0 Å². The monoisotopic (exact) mass is 296 g/mol. The molecule has 1 N–H and O–H groups in total. The molecule has 0 aliphatic heterocycles. The number of nitriles is 1. The standard InChI is InChI=1S/C14H17FN2O2S/c1-10(11-5-2-3-6-11)17-20(18,19)14-8-4-7-13(15)12(14)9-16/h4,7-8,10-11,17H,2-3,5-6H2,1H3. The van der Waals surface area contributed by atoms with Gasteiger partial charge in [-0.2, -0.15) is 5.26 Å². The highest BCUT2D eigenvalue weighted by Crippen LogP contribution is 2.28. The van der Waals surface area contributed by atoms with Crippen molar-refractivity contribution in [2.24, 2.45) is 5.92 Å². The normalized spacial score (nSPS) is 17.9. The molecule has 1 fully saturated rings. The summed E-state index contributed by atoms with van der Waals surface area (Å²) in [7, 11) is -3.87. The van der Waals surface area contributed by atoms with E-state index in [1.54, 1.807) is 6.07 Å². The third-order valence-electron chi connectivity index (χ3n) is 3.82. The second kappa shape index (κ2) is 5.90. The van der Waals surface area contributed by atoms with Crippen LogP contribution in [0, 0.1) is 23.1 Å². The molecule has 4 nitrogen and oxygen atoms in total. The van der Waals surface area contributed by atoms with Crippen molar-refractivity contribution in [2.75, 3.05) is 0 Å². The molecule has 1 atom stereocenters. The fourth-order valence-corrected chi connectivity index (χ4v) is 4.18. The Balaban J connectivity index is 2.27. The van der Waals surface area contributed by atoms with Gasteiger partial charge >= 0.3 is 0 Å². The lowest BCUT2D eigenvalue weighted by molar-refractivity contribution is 0.423. The third-order valence-corrected chi connectivity index (χ3v) is 5.43. The first-order valence-electron chi connectivity index (χ1n) is 6.66. The van der Waals surface area contributed by atoms with Gasteiger partial charge in [0.2, 0.25) is 10.0 Å². The first-order chi connectivity index (χ1) is 9.45. The van der Waals surface area contributed by atoms with E-state index in [4.69, 9.17) is 5.26 Å². The quantitative estimate of drug-likeness (QED) is 0.928. The Bertz CT molecular complexity index is 631. The molecule has 2 rings (SSSR count). The van der Waals surface area contributed by atoms with Crippen LogP contribution in [0.25, 0.3) is 0 Å². The number of sulfonamides is 1. The summed E-state index contributed by atoms with van der Waals surface area (Å²) in [5, 5.41) is 8.93. The molecule has 0 aromatic heterocycles. The van der Waals surface area contributed by atoms with Crippen molar-refractivity contribution in [1.29, 1.82) is 5.26 Å². The molecule has 0 amide bonds. The topological polar surface area (TPSA) is 70.0 Å². The van der Waals surface area contributed by atoms with E-state index < -0.39 is 21.4 Å². The van der Waals surface area contributed by atoms with E-state index in [2.05, 4.69) is 4.72 Å². The Morgan fingerprint density at radius 2 is 2.05 bits per heavy atom. The predicted octanol–water partition coefficient (Wildman–Crippen LogP) is 2.55. The average molecular weight is 296 g/mol. The van der Waals surface area contributed by atoms with Crippen molar-refractivity contribution in [2.45, 2.75) is 43.5 Å². The summed E-state index contributed by atoms with van der Waals surface area (Å²) >= 11 is 0. The van der Waals surface area contributed by atoms with Crippen LogP contribution >= 0.6 is 0 Å². The van der Waals surface area contributed by atoms with Crippen LogP contribution in [-0.2, 0) is 10.0 Å². The largest absolute Gasteiger partial charge is 0.242 e.